The van der Waals surface area contributed by atoms with Gasteiger partial charge in [0.25, 0.3) is 0 Å². The number of aliphatic hydroxyl groups excluding tert-OH is 1. The first-order valence-corrected chi connectivity index (χ1v) is 12.3. The summed E-state index contributed by atoms with van der Waals surface area (Å²) in [4.78, 5) is 30.1. The van der Waals surface area contributed by atoms with E-state index in [0.717, 1.165) is 35.2 Å². The molecular weight excluding hydrogens is 418 g/mol. The van der Waals surface area contributed by atoms with Gasteiger partial charge in [-0.2, -0.15) is 0 Å². The standard InChI is InChI=1S/C26H33N3O4/c1-27-20-11-18(33-2)7-8-19(20)24-25(27)21(12-30)29(23(32)10-17-5-6-17)15-26(24)13-28(14-26)22(31)9-16-3-4-16/h7-8,11,16-17,21,30H,3-6,9-10,12-15H2,1-2H3/t21-/m1/s1. The SMILES string of the molecule is COc1ccc2c3c(n(C)c2c1)[C@@H](CO)N(C(=O)CC1CC1)CC31CN(C(=O)CC2CC2)C1. The van der Waals surface area contributed by atoms with Gasteiger partial charge in [0.2, 0.25) is 11.8 Å². The molecule has 0 unspecified atom stereocenters. The summed E-state index contributed by atoms with van der Waals surface area (Å²) < 4.78 is 7.60. The summed E-state index contributed by atoms with van der Waals surface area (Å²) in [5.41, 5.74) is 2.96. The molecule has 0 bridgehead atoms. The molecule has 3 fully saturated rings. The van der Waals surface area contributed by atoms with Crippen LogP contribution in [0, 0.1) is 11.8 Å². The highest BCUT2D eigenvalue weighted by Crippen LogP contribution is 2.50. The van der Waals surface area contributed by atoms with Crippen LogP contribution in [0.15, 0.2) is 18.2 Å². The molecule has 1 aromatic heterocycles. The van der Waals surface area contributed by atoms with Gasteiger partial charge in [-0.25, -0.2) is 0 Å². The summed E-state index contributed by atoms with van der Waals surface area (Å²) >= 11 is 0. The van der Waals surface area contributed by atoms with E-state index in [9.17, 15) is 14.7 Å². The smallest absolute Gasteiger partial charge is 0.223 e. The van der Waals surface area contributed by atoms with Gasteiger partial charge < -0.3 is 24.2 Å². The molecule has 4 aliphatic rings. The van der Waals surface area contributed by atoms with Crippen LogP contribution in [0.1, 0.15) is 55.8 Å². The number of aliphatic hydroxyl groups is 1. The fourth-order valence-electron chi connectivity index (χ4n) is 6.12. The molecule has 2 saturated carbocycles. The number of amides is 2. The number of ether oxygens (including phenoxy) is 1. The Balaban J connectivity index is 1.43. The minimum atomic E-state index is -0.364. The van der Waals surface area contributed by atoms with Gasteiger partial charge in [0.15, 0.2) is 0 Å². The lowest BCUT2D eigenvalue weighted by Crippen LogP contribution is -2.68. The zero-order chi connectivity index (χ0) is 22.9. The molecule has 7 heteroatoms. The first-order valence-electron chi connectivity index (χ1n) is 12.3. The van der Waals surface area contributed by atoms with Gasteiger partial charge in [-0.15, -0.1) is 0 Å². The Morgan fingerprint density at radius 2 is 1.73 bits per heavy atom. The molecule has 1 N–H and O–H groups in total. The summed E-state index contributed by atoms with van der Waals surface area (Å²) in [6.07, 6.45) is 5.79. The van der Waals surface area contributed by atoms with E-state index in [4.69, 9.17) is 4.74 Å². The second-order valence-corrected chi connectivity index (χ2v) is 10.7. The Labute approximate surface area is 194 Å². The normalized spacial score (nSPS) is 23.5. The maximum Gasteiger partial charge on any atom is 0.223 e. The third kappa shape index (κ3) is 3.35. The number of methoxy groups -OCH3 is 1. The number of benzene rings is 1. The van der Waals surface area contributed by atoms with Crippen LogP contribution in [0.5, 0.6) is 5.75 Å². The minimum Gasteiger partial charge on any atom is -0.497 e. The van der Waals surface area contributed by atoms with Crippen LogP contribution in [0.3, 0.4) is 0 Å². The fourth-order valence-corrected chi connectivity index (χ4v) is 6.12. The number of rotatable bonds is 6. The van der Waals surface area contributed by atoms with Gasteiger partial charge in [0, 0.05) is 56.7 Å². The first-order chi connectivity index (χ1) is 15.9. The van der Waals surface area contributed by atoms with Crippen LogP contribution in [-0.2, 0) is 22.1 Å². The maximum atomic E-state index is 13.4. The van der Waals surface area contributed by atoms with E-state index in [-0.39, 0.29) is 29.9 Å². The largest absolute Gasteiger partial charge is 0.497 e. The lowest BCUT2D eigenvalue weighted by Gasteiger charge is -2.56. The lowest BCUT2D eigenvalue weighted by atomic mass is 9.68. The predicted molar refractivity (Wildman–Crippen MR) is 124 cm³/mol. The van der Waals surface area contributed by atoms with Crippen LogP contribution in [0.2, 0.25) is 0 Å². The molecule has 6 rings (SSSR count). The zero-order valence-corrected chi connectivity index (χ0v) is 19.5. The van der Waals surface area contributed by atoms with Gasteiger partial charge in [0.1, 0.15) is 5.75 Å². The molecule has 2 aliphatic heterocycles. The quantitative estimate of drug-likeness (QED) is 0.733. The van der Waals surface area contributed by atoms with E-state index in [2.05, 4.69) is 10.6 Å². The Hall–Kier alpha value is -2.54. The highest BCUT2D eigenvalue weighted by atomic mass is 16.5. The second kappa shape index (κ2) is 7.49. The van der Waals surface area contributed by atoms with Crippen molar-refractivity contribution < 1.29 is 19.4 Å². The first kappa shape index (κ1) is 21.0. The van der Waals surface area contributed by atoms with Gasteiger partial charge in [0.05, 0.1) is 30.7 Å². The highest BCUT2D eigenvalue weighted by Gasteiger charge is 2.55. The Bertz CT molecular complexity index is 1120. The van der Waals surface area contributed by atoms with E-state index in [1.54, 1.807) is 7.11 Å². The number of carbonyl (C=O) groups excluding carboxylic acids is 2. The molecule has 2 amide bonds. The predicted octanol–water partition coefficient (Wildman–Crippen LogP) is 2.74. The second-order valence-electron chi connectivity index (χ2n) is 10.7. The van der Waals surface area contributed by atoms with Crippen molar-refractivity contribution in [3.63, 3.8) is 0 Å². The van der Waals surface area contributed by atoms with Crippen molar-refractivity contribution in [1.29, 1.82) is 0 Å². The number of fused-ring (bicyclic) bond motifs is 4. The topological polar surface area (TPSA) is 75.0 Å². The Morgan fingerprint density at radius 3 is 2.33 bits per heavy atom. The van der Waals surface area contributed by atoms with E-state index >= 15 is 0 Å². The molecule has 7 nitrogen and oxygen atoms in total. The monoisotopic (exact) mass is 451 g/mol. The van der Waals surface area contributed by atoms with E-state index in [1.165, 1.54) is 18.4 Å². The van der Waals surface area contributed by atoms with Crippen LogP contribution in [0.4, 0.5) is 0 Å². The van der Waals surface area contributed by atoms with E-state index < -0.39 is 0 Å². The molecule has 1 aromatic carbocycles. The summed E-state index contributed by atoms with van der Waals surface area (Å²) in [5.74, 6) is 2.21. The Morgan fingerprint density at radius 1 is 1.06 bits per heavy atom. The summed E-state index contributed by atoms with van der Waals surface area (Å²) in [7, 11) is 3.68. The fraction of sp³-hybridized carbons (Fsp3) is 0.615. The maximum absolute atomic E-state index is 13.4. The highest BCUT2D eigenvalue weighted by molar-refractivity contribution is 5.90. The van der Waals surface area contributed by atoms with Crippen molar-refractivity contribution in [3.05, 3.63) is 29.5 Å². The molecule has 1 spiro atoms. The summed E-state index contributed by atoms with van der Waals surface area (Å²) in [6.45, 7) is 1.74. The van der Waals surface area contributed by atoms with E-state index in [0.29, 0.717) is 44.3 Å². The van der Waals surface area contributed by atoms with Gasteiger partial charge in [-0.3, -0.25) is 9.59 Å². The number of hydrogen-bond acceptors (Lipinski definition) is 4. The zero-order valence-electron chi connectivity index (χ0n) is 19.5. The number of hydrogen-bond donors (Lipinski definition) is 1. The minimum absolute atomic E-state index is 0.106. The molecule has 176 valence electrons. The number of aromatic nitrogens is 1. The van der Waals surface area contributed by atoms with Crippen molar-refractivity contribution in [3.8, 4) is 5.75 Å². The van der Waals surface area contributed by atoms with Crippen molar-refractivity contribution in [2.75, 3.05) is 33.4 Å². The van der Waals surface area contributed by atoms with Gasteiger partial charge >= 0.3 is 0 Å². The number of likely N-dealkylation sites (tertiary alicyclic amines) is 1. The van der Waals surface area contributed by atoms with Crippen molar-refractivity contribution in [1.82, 2.24) is 14.4 Å². The molecule has 1 saturated heterocycles. The summed E-state index contributed by atoms with van der Waals surface area (Å²) in [6, 6.07) is 5.74. The molecule has 0 radical (unpaired) electrons. The average Bonchev–Trinajstić information content (AvgIpc) is 3.72. The molecular formula is C26H33N3O4. The van der Waals surface area contributed by atoms with E-state index in [1.807, 2.05) is 29.0 Å². The van der Waals surface area contributed by atoms with Gasteiger partial charge in [-0.05, 0) is 55.2 Å². The molecule has 2 aliphatic carbocycles. The molecule has 3 heterocycles. The molecule has 33 heavy (non-hydrogen) atoms. The van der Waals surface area contributed by atoms with Crippen molar-refractivity contribution in [2.45, 2.75) is 50.0 Å². The van der Waals surface area contributed by atoms with Crippen molar-refractivity contribution >= 4 is 22.7 Å². The Kier molecular flexibility index (Phi) is 4.77. The van der Waals surface area contributed by atoms with Crippen LogP contribution in [0.25, 0.3) is 10.9 Å². The third-order valence-corrected chi connectivity index (χ3v) is 8.30. The number of carbonyl (C=O) groups is 2. The van der Waals surface area contributed by atoms with Crippen LogP contribution in [-0.4, -0.2) is 64.6 Å². The van der Waals surface area contributed by atoms with Crippen LogP contribution >= 0.6 is 0 Å². The molecule has 2 aromatic rings. The third-order valence-electron chi connectivity index (χ3n) is 8.30. The average molecular weight is 452 g/mol. The number of nitrogens with zero attached hydrogens (tertiary/aromatic N) is 3. The van der Waals surface area contributed by atoms with Crippen LogP contribution < -0.4 is 4.74 Å². The van der Waals surface area contributed by atoms with Gasteiger partial charge in [-0.1, -0.05) is 0 Å². The lowest BCUT2D eigenvalue weighted by molar-refractivity contribution is -0.145. The number of aryl methyl sites for hydroxylation is 1. The molecule has 1 atom stereocenters. The summed E-state index contributed by atoms with van der Waals surface area (Å²) in [5, 5.41) is 11.6. The van der Waals surface area contributed by atoms with Crippen molar-refractivity contribution in [2.24, 2.45) is 18.9 Å².